The minimum absolute atomic E-state index is 0.0506. The van der Waals surface area contributed by atoms with Crippen LogP contribution in [-0.2, 0) is 4.79 Å². The summed E-state index contributed by atoms with van der Waals surface area (Å²) < 4.78 is 46.2. The maximum Gasteiger partial charge on any atom is 0.573 e. The molecule has 3 aromatic rings. The summed E-state index contributed by atoms with van der Waals surface area (Å²) in [5, 5.41) is 12.6. The Balaban J connectivity index is 1.37. The molecule has 198 valence electrons. The highest BCUT2D eigenvalue weighted by Crippen LogP contribution is 2.32. The second kappa shape index (κ2) is 11.4. The predicted molar refractivity (Wildman–Crippen MR) is 134 cm³/mol. The van der Waals surface area contributed by atoms with Gasteiger partial charge in [-0.1, -0.05) is 11.6 Å². The van der Waals surface area contributed by atoms with Gasteiger partial charge in [0.15, 0.2) is 6.61 Å². The molecule has 0 unspecified atom stereocenters. The van der Waals surface area contributed by atoms with Crippen molar-refractivity contribution in [2.45, 2.75) is 13.3 Å². The average Bonchev–Trinajstić information content (AvgIpc) is 2.83. The Labute approximate surface area is 216 Å². The molecule has 2 heterocycles. The number of carbonyl (C=O) groups is 1. The molecule has 12 heteroatoms. The summed E-state index contributed by atoms with van der Waals surface area (Å²) in [6, 6.07) is 10.6. The third-order valence-electron chi connectivity index (χ3n) is 5.89. The van der Waals surface area contributed by atoms with Crippen LogP contribution in [0, 0.1) is 6.92 Å². The number of fused-ring (bicyclic) bond motifs is 1. The zero-order valence-electron chi connectivity index (χ0n) is 20.0. The SMILES string of the molecule is Cc1cc(N2CCN(CCO)CC2)nc2ccc(NC(=O)COc3ccc(OC(F)(F)F)cc3Cl)cc12. The highest BCUT2D eigenvalue weighted by molar-refractivity contribution is 6.32. The molecule has 2 N–H and O–H groups in total. The van der Waals surface area contributed by atoms with Crippen molar-refractivity contribution in [3.63, 3.8) is 0 Å². The summed E-state index contributed by atoms with van der Waals surface area (Å²) in [6.45, 7) is 5.80. The van der Waals surface area contributed by atoms with Gasteiger partial charge >= 0.3 is 6.36 Å². The number of piperazine rings is 1. The molecule has 1 aliphatic heterocycles. The molecule has 0 aliphatic carbocycles. The van der Waals surface area contributed by atoms with Crippen molar-refractivity contribution in [3.8, 4) is 11.5 Å². The Morgan fingerprint density at radius 1 is 1.14 bits per heavy atom. The number of nitrogens with zero attached hydrogens (tertiary/aromatic N) is 3. The van der Waals surface area contributed by atoms with Crippen molar-refractivity contribution >= 4 is 39.9 Å². The second-order valence-corrected chi connectivity index (χ2v) is 8.97. The van der Waals surface area contributed by atoms with Gasteiger partial charge in [-0.2, -0.15) is 0 Å². The third kappa shape index (κ3) is 7.15. The maximum atomic E-state index is 12.4. The molecule has 37 heavy (non-hydrogen) atoms. The van der Waals surface area contributed by atoms with E-state index in [4.69, 9.17) is 26.4 Å². The van der Waals surface area contributed by atoms with Gasteiger partial charge in [0.25, 0.3) is 5.91 Å². The Morgan fingerprint density at radius 2 is 1.89 bits per heavy atom. The van der Waals surface area contributed by atoms with Crippen molar-refractivity contribution in [2.75, 3.05) is 56.2 Å². The van der Waals surface area contributed by atoms with Gasteiger partial charge in [-0.15, -0.1) is 13.2 Å². The number of rotatable bonds is 8. The lowest BCUT2D eigenvalue weighted by Gasteiger charge is -2.35. The lowest BCUT2D eigenvalue weighted by Crippen LogP contribution is -2.47. The fourth-order valence-electron chi connectivity index (χ4n) is 4.09. The fourth-order valence-corrected chi connectivity index (χ4v) is 4.32. The largest absolute Gasteiger partial charge is 0.573 e. The van der Waals surface area contributed by atoms with E-state index < -0.39 is 24.6 Å². The van der Waals surface area contributed by atoms with Crippen molar-refractivity contribution in [3.05, 3.63) is 53.1 Å². The van der Waals surface area contributed by atoms with Gasteiger partial charge in [0.1, 0.15) is 17.3 Å². The molecule has 1 saturated heterocycles. The summed E-state index contributed by atoms with van der Waals surface area (Å²) in [4.78, 5) is 21.6. The molecule has 8 nitrogen and oxygen atoms in total. The molecule has 1 amide bonds. The van der Waals surface area contributed by atoms with E-state index in [1.807, 2.05) is 25.1 Å². The molecule has 1 aliphatic rings. The number of aliphatic hydroxyl groups is 1. The summed E-state index contributed by atoms with van der Waals surface area (Å²) in [5.74, 6) is -0.00689. The summed E-state index contributed by atoms with van der Waals surface area (Å²) in [5.41, 5.74) is 2.37. The third-order valence-corrected chi connectivity index (χ3v) is 6.19. The van der Waals surface area contributed by atoms with E-state index in [1.54, 1.807) is 6.07 Å². The standard InChI is InChI=1S/C25H26ClF3N4O4/c1-16-12-23(33-8-6-32(7-9-33)10-11-34)31-21-4-2-17(13-19(16)21)30-24(35)15-36-22-5-3-18(14-20(22)26)37-25(27,28)29/h2-5,12-14,34H,6-11,15H2,1H3,(H,30,35). The zero-order valence-corrected chi connectivity index (χ0v) is 20.8. The van der Waals surface area contributed by atoms with Gasteiger partial charge < -0.3 is 24.8 Å². The first-order valence-corrected chi connectivity index (χ1v) is 12.0. The second-order valence-electron chi connectivity index (χ2n) is 8.56. The van der Waals surface area contributed by atoms with Gasteiger partial charge in [-0.05, 0) is 48.9 Å². The Morgan fingerprint density at radius 3 is 2.57 bits per heavy atom. The molecule has 0 radical (unpaired) electrons. The van der Waals surface area contributed by atoms with Gasteiger partial charge in [0.2, 0.25) is 0 Å². The molecule has 0 bridgehead atoms. The number of alkyl halides is 3. The van der Waals surface area contributed by atoms with Gasteiger partial charge in [-0.3, -0.25) is 9.69 Å². The number of halogens is 4. The maximum absolute atomic E-state index is 12.4. The van der Waals surface area contributed by atoms with Crippen LogP contribution < -0.4 is 19.7 Å². The number of ether oxygens (including phenoxy) is 2. The number of hydrogen-bond acceptors (Lipinski definition) is 7. The van der Waals surface area contributed by atoms with Crippen LogP contribution in [0.15, 0.2) is 42.5 Å². The lowest BCUT2D eigenvalue weighted by molar-refractivity contribution is -0.274. The summed E-state index contributed by atoms with van der Waals surface area (Å²) >= 11 is 5.95. The van der Waals surface area contributed by atoms with E-state index in [0.29, 0.717) is 12.2 Å². The zero-order chi connectivity index (χ0) is 26.6. The van der Waals surface area contributed by atoms with Crippen molar-refractivity contribution < 1.29 is 32.5 Å². The number of carbonyl (C=O) groups excluding carboxylic acids is 1. The van der Waals surface area contributed by atoms with Crippen LogP contribution in [0.1, 0.15) is 5.56 Å². The molecule has 1 fully saturated rings. The highest BCUT2D eigenvalue weighted by Gasteiger charge is 2.31. The number of nitrogens with one attached hydrogen (secondary N) is 1. The lowest BCUT2D eigenvalue weighted by atomic mass is 10.1. The van der Waals surface area contributed by atoms with E-state index in [1.165, 1.54) is 6.07 Å². The van der Waals surface area contributed by atoms with Gasteiger partial charge in [0.05, 0.1) is 17.1 Å². The monoisotopic (exact) mass is 538 g/mol. The Kier molecular flexibility index (Phi) is 8.25. The number of aliphatic hydroxyl groups excluding tert-OH is 1. The van der Waals surface area contributed by atoms with E-state index in [-0.39, 0.29) is 17.4 Å². The van der Waals surface area contributed by atoms with E-state index in [2.05, 4.69) is 19.9 Å². The van der Waals surface area contributed by atoms with E-state index in [0.717, 1.165) is 60.6 Å². The topological polar surface area (TPSA) is 87.2 Å². The average molecular weight is 539 g/mol. The normalized spacial score (nSPS) is 14.6. The van der Waals surface area contributed by atoms with Crippen molar-refractivity contribution in [1.29, 1.82) is 0 Å². The summed E-state index contributed by atoms with van der Waals surface area (Å²) in [7, 11) is 0. The molecule has 4 rings (SSSR count). The number of aryl methyl sites for hydroxylation is 1. The highest BCUT2D eigenvalue weighted by atomic mass is 35.5. The number of aromatic nitrogens is 1. The predicted octanol–water partition coefficient (Wildman–Crippen LogP) is 4.23. The van der Waals surface area contributed by atoms with Crippen molar-refractivity contribution in [1.82, 2.24) is 9.88 Å². The minimum Gasteiger partial charge on any atom is -0.482 e. The smallest absolute Gasteiger partial charge is 0.482 e. The molecular formula is C25H26ClF3N4O4. The van der Waals surface area contributed by atoms with Gasteiger partial charge in [-0.25, -0.2) is 4.98 Å². The molecular weight excluding hydrogens is 513 g/mol. The number of amides is 1. The number of hydrogen-bond donors (Lipinski definition) is 2. The Hall–Kier alpha value is -3.28. The fraction of sp³-hybridized carbons (Fsp3) is 0.360. The number of pyridine rings is 1. The number of β-amino-alcohol motifs (C(OH)–C–C–N with tert-alkyl or cyclic N) is 1. The van der Waals surface area contributed by atoms with Crippen molar-refractivity contribution in [2.24, 2.45) is 0 Å². The minimum atomic E-state index is -4.84. The van der Waals surface area contributed by atoms with Crippen LogP contribution >= 0.6 is 11.6 Å². The Bertz CT molecular complexity index is 1270. The number of benzene rings is 2. The molecule has 2 aromatic carbocycles. The van der Waals surface area contributed by atoms with Crippen LogP contribution in [0.2, 0.25) is 5.02 Å². The van der Waals surface area contributed by atoms with Gasteiger partial charge in [0, 0.05) is 49.9 Å². The van der Waals surface area contributed by atoms with Crippen LogP contribution in [0.3, 0.4) is 0 Å². The number of anilines is 2. The summed E-state index contributed by atoms with van der Waals surface area (Å²) in [6.07, 6.45) is -4.84. The van der Waals surface area contributed by atoms with Crippen LogP contribution in [0.25, 0.3) is 10.9 Å². The first kappa shape index (κ1) is 26.8. The molecule has 0 saturated carbocycles. The first-order chi connectivity index (χ1) is 17.6. The van der Waals surface area contributed by atoms with Crippen LogP contribution in [0.5, 0.6) is 11.5 Å². The molecule has 0 spiro atoms. The van der Waals surface area contributed by atoms with Crippen LogP contribution in [0.4, 0.5) is 24.7 Å². The molecule has 0 atom stereocenters. The van der Waals surface area contributed by atoms with E-state index >= 15 is 0 Å². The van der Waals surface area contributed by atoms with E-state index in [9.17, 15) is 18.0 Å². The van der Waals surface area contributed by atoms with Crippen LogP contribution in [-0.4, -0.2) is 73.2 Å². The quantitative estimate of drug-likeness (QED) is 0.444. The molecule has 1 aromatic heterocycles. The first-order valence-electron chi connectivity index (χ1n) is 11.6.